The highest BCUT2D eigenvalue weighted by Crippen LogP contribution is 2.29. The van der Waals surface area contributed by atoms with Gasteiger partial charge >= 0.3 is 0 Å². The third kappa shape index (κ3) is 3.93. The van der Waals surface area contributed by atoms with Crippen molar-refractivity contribution in [2.45, 2.75) is 44.0 Å². The fourth-order valence-electron chi connectivity index (χ4n) is 3.01. The van der Waals surface area contributed by atoms with Gasteiger partial charge in [-0.15, -0.1) is 12.4 Å². The van der Waals surface area contributed by atoms with Gasteiger partial charge in [-0.05, 0) is 62.4 Å². The third-order valence-electron chi connectivity index (χ3n) is 4.25. The lowest BCUT2D eigenvalue weighted by molar-refractivity contribution is 0.410. The Morgan fingerprint density at radius 1 is 1.27 bits per heavy atom. The Hall–Kier alpha value is -0.820. The molecule has 5 nitrogen and oxygen atoms in total. The highest BCUT2D eigenvalue weighted by molar-refractivity contribution is 7.89. The summed E-state index contributed by atoms with van der Waals surface area (Å²) < 4.78 is 33.3. The predicted molar refractivity (Wildman–Crippen MR) is 90.2 cm³/mol. The van der Waals surface area contributed by atoms with E-state index in [4.69, 9.17) is 10.5 Å². The third-order valence-corrected chi connectivity index (χ3v) is 5.88. The number of benzene rings is 1. The van der Waals surface area contributed by atoms with Gasteiger partial charge in [-0.3, -0.25) is 0 Å². The number of hydrogen-bond donors (Lipinski definition) is 2. The van der Waals surface area contributed by atoms with Crippen LogP contribution in [0.4, 0.5) is 0 Å². The largest absolute Gasteiger partial charge is 0.496 e. The topological polar surface area (TPSA) is 81.4 Å². The van der Waals surface area contributed by atoms with Gasteiger partial charge in [0.1, 0.15) is 5.75 Å². The van der Waals surface area contributed by atoms with Gasteiger partial charge in [0.2, 0.25) is 10.0 Å². The summed E-state index contributed by atoms with van der Waals surface area (Å²) in [6.07, 6.45) is 2.87. The van der Waals surface area contributed by atoms with Gasteiger partial charge in [-0.25, -0.2) is 13.1 Å². The number of nitrogens with two attached hydrogens (primary N) is 1. The number of ether oxygens (including phenoxy) is 1. The van der Waals surface area contributed by atoms with Crippen LogP contribution in [0.3, 0.4) is 0 Å². The summed E-state index contributed by atoms with van der Waals surface area (Å²) >= 11 is 0. The van der Waals surface area contributed by atoms with E-state index in [9.17, 15) is 8.42 Å². The Labute approximate surface area is 139 Å². The molecule has 1 aliphatic carbocycles. The van der Waals surface area contributed by atoms with E-state index in [-0.39, 0.29) is 24.4 Å². The fourth-order valence-corrected chi connectivity index (χ4v) is 4.66. The molecule has 126 valence electrons. The van der Waals surface area contributed by atoms with Crippen molar-refractivity contribution >= 4 is 22.4 Å². The molecule has 1 fully saturated rings. The average Bonchev–Trinajstić information content (AvgIpc) is 2.87. The standard InChI is InChI=1S/C15H24N2O3S.ClH/c1-10-8-15(11(2)7-14(10)20-3)21(18,19)17-13-6-4-5-12(13)9-16;/h7-8,12-13,17H,4-6,9,16H2,1-3H3;1H. The zero-order chi connectivity index (χ0) is 15.6. The number of halogens is 1. The van der Waals surface area contributed by atoms with Crippen LogP contribution < -0.4 is 15.2 Å². The summed E-state index contributed by atoms with van der Waals surface area (Å²) in [5.41, 5.74) is 7.22. The number of sulfonamides is 1. The molecule has 0 spiro atoms. The Balaban J connectivity index is 0.00000242. The zero-order valence-corrected chi connectivity index (χ0v) is 14.9. The lowest BCUT2D eigenvalue weighted by Gasteiger charge is -2.20. The smallest absolute Gasteiger partial charge is 0.241 e. The number of aryl methyl sites for hydroxylation is 2. The summed E-state index contributed by atoms with van der Waals surface area (Å²) in [6, 6.07) is 3.38. The molecular formula is C15H25ClN2O3S. The number of hydrogen-bond acceptors (Lipinski definition) is 4. The molecular weight excluding hydrogens is 324 g/mol. The molecule has 2 rings (SSSR count). The first kappa shape index (κ1) is 19.2. The molecule has 0 bridgehead atoms. The lowest BCUT2D eigenvalue weighted by Crippen LogP contribution is -2.40. The first-order valence-corrected chi connectivity index (χ1v) is 8.75. The zero-order valence-electron chi connectivity index (χ0n) is 13.3. The molecule has 1 aromatic rings. The van der Waals surface area contributed by atoms with Crippen molar-refractivity contribution in [2.24, 2.45) is 11.7 Å². The Morgan fingerprint density at radius 2 is 1.95 bits per heavy atom. The van der Waals surface area contributed by atoms with Crippen molar-refractivity contribution < 1.29 is 13.2 Å². The van der Waals surface area contributed by atoms with Crippen LogP contribution >= 0.6 is 12.4 Å². The maximum absolute atomic E-state index is 12.6. The van der Waals surface area contributed by atoms with Crippen LogP contribution in [0.1, 0.15) is 30.4 Å². The van der Waals surface area contributed by atoms with E-state index in [1.54, 1.807) is 26.2 Å². The molecule has 2 unspecified atom stereocenters. The fraction of sp³-hybridized carbons (Fsp3) is 0.600. The average molecular weight is 349 g/mol. The maximum Gasteiger partial charge on any atom is 0.241 e. The van der Waals surface area contributed by atoms with Gasteiger partial charge in [0.25, 0.3) is 0 Å². The minimum absolute atomic E-state index is 0. The van der Waals surface area contributed by atoms with Crippen molar-refractivity contribution in [1.82, 2.24) is 4.72 Å². The van der Waals surface area contributed by atoms with E-state index >= 15 is 0 Å². The van der Waals surface area contributed by atoms with Crippen molar-refractivity contribution in [2.75, 3.05) is 13.7 Å². The number of nitrogens with one attached hydrogen (secondary N) is 1. The van der Waals surface area contributed by atoms with E-state index in [0.29, 0.717) is 22.8 Å². The van der Waals surface area contributed by atoms with Gasteiger partial charge in [-0.2, -0.15) is 0 Å². The summed E-state index contributed by atoms with van der Waals surface area (Å²) in [5, 5.41) is 0. The summed E-state index contributed by atoms with van der Waals surface area (Å²) in [6.45, 7) is 4.15. The van der Waals surface area contributed by atoms with Gasteiger partial charge in [-0.1, -0.05) is 6.42 Å². The number of methoxy groups -OCH3 is 1. The van der Waals surface area contributed by atoms with Crippen molar-refractivity contribution in [3.8, 4) is 5.75 Å². The molecule has 7 heteroatoms. The molecule has 3 N–H and O–H groups in total. The normalized spacial score (nSPS) is 21.5. The molecule has 0 amide bonds. The lowest BCUT2D eigenvalue weighted by atomic mass is 10.1. The Morgan fingerprint density at radius 3 is 2.55 bits per heavy atom. The summed E-state index contributed by atoms with van der Waals surface area (Å²) in [7, 11) is -1.94. The first-order valence-electron chi connectivity index (χ1n) is 7.26. The van der Waals surface area contributed by atoms with Gasteiger partial charge in [0, 0.05) is 6.04 Å². The van der Waals surface area contributed by atoms with E-state index in [1.807, 2.05) is 6.92 Å². The highest BCUT2D eigenvalue weighted by Gasteiger charge is 2.31. The minimum Gasteiger partial charge on any atom is -0.496 e. The van der Waals surface area contributed by atoms with Crippen LogP contribution in [0.25, 0.3) is 0 Å². The van der Waals surface area contributed by atoms with E-state index in [0.717, 1.165) is 24.8 Å². The van der Waals surface area contributed by atoms with Gasteiger partial charge in [0.15, 0.2) is 0 Å². The number of rotatable bonds is 5. The molecule has 2 atom stereocenters. The van der Waals surface area contributed by atoms with E-state index in [2.05, 4.69) is 4.72 Å². The van der Waals surface area contributed by atoms with Crippen LogP contribution in [-0.4, -0.2) is 28.1 Å². The highest BCUT2D eigenvalue weighted by atomic mass is 35.5. The molecule has 0 saturated heterocycles. The van der Waals surface area contributed by atoms with Gasteiger partial charge in [0.05, 0.1) is 12.0 Å². The Kier molecular flexibility index (Phi) is 6.67. The molecule has 1 aliphatic rings. The molecule has 1 aromatic carbocycles. The van der Waals surface area contributed by atoms with Crippen molar-refractivity contribution in [3.05, 3.63) is 23.3 Å². The van der Waals surface area contributed by atoms with Crippen LogP contribution in [-0.2, 0) is 10.0 Å². The van der Waals surface area contributed by atoms with Gasteiger partial charge < -0.3 is 10.5 Å². The second-order valence-electron chi connectivity index (χ2n) is 5.74. The SMILES string of the molecule is COc1cc(C)c(S(=O)(=O)NC2CCCC2CN)cc1C.Cl. The molecule has 22 heavy (non-hydrogen) atoms. The second kappa shape index (κ2) is 7.64. The van der Waals surface area contributed by atoms with E-state index < -0.39 is 10.0 Å². The summed E-state index contributed by atoms with van der Waals surface area (Å²) in [4.78, 5) is 0.323. The molecule has 0 aromatic heterocycles. The van der Waals surface area contributed by atoms with Crippen molar-refractivity contribution in [1.29, 1.82) is 0 Å². The van der Waals surface area contributed by atoms with Crippen LogP contribution in [0.5, 0.6) is 5.75 Å². The molecule has 0 radical (unpaired) electrons. The van der Waals surface area contributed by atoms with Crippen LogP contribution in [0.2, 0.25) is 0 Å². The second-order valence-corrected chi connectivity index (χ2v) is 7.42. The van der Waals surface area contributed by atoms with Crippen molar-refractivity contribution in [3.63, 3.8) is 0 Å². The quantitative estimate of drug-likeness (QED) is 0.854. The Bertz CT molecular complexity index is 619. The van der Waals surface area contributed by atoms with E-state index in [1.165, 1.54) is 0 Å². The molecule has 0 aliphatic heterocycles. The molecule has 0 heterocycles. The predicted octanol–water partition coefficient (Wildman–Crippen LogP) is 2.14. The van der Waals surface area contributed by atoms with Crippen LogP contribution in [0, 0.1) is 19.8 Å². The minimum atomic E-state index is -3.53. The monoisotopic (exact) mass is 348 g/mol. The molecule has 1 saturated carbocycles. The van der Waals surface area contributed by atoms with Crippen LogP contribution in [0.15, 0.2) is 17.0 Å². The maximum atomic E-state index is 12.6. The summed E-state index contributed by atoms with van der Waals surface area (Å²) in [5.74, 6) is 0.937. The first-order chi connectivity index (χ1) is 9.89.